The van der Waals surface area contributed by atoms with E-state index in [9.17, 15) is 14.4 Å². The van der Waals surface area contributed by atoms with Crippen LogP contribution in [-0.2, 0) is 0 Å². The van der Waals surface area contributed by atoms with Gasteiger partial charge in [0.15, 0.2) is 0 Å². The summed E-state index contributed by atoms with van der Waals surface area (Å²) >= 11 is 0. The van der Waals surface area contributed by atoms with Gasteiger partial charge in [0.2, 0.25) is 11.7 Å². The zero-order chi connectivity index (χ0) is 21.2. The molecule has 0 radical (unpaired) electrons. The van der Waals surface area contributed by atoms with Crippen LogP contribution in [-0.4, -0.2) is 24.1 Å². The molecule has 8 nitrogen and oxygen atoms in total. The van der Waals surface area contributed by atoms with E-state index in [1.165, 1.54) is 17.0 Å². The first-order valence-electron chi connectivity index (χ1n) is 9.94. The number of benzene rings is 1. The number of nitrogens with zero attached hydrogens (tertiary/aromatic N) is 6. The fourth-order valence-corrected chi connectivity index (χ4v) is 3.97. The predicted octanol–water partition coefficient (Wildman–Crippen LogP) is 3.80. The molecule has 152 valence electrons. The van der Waals surface area contributed by atoms with Crippen molar-refractivity contribution in [2.24, 2.45) is 5.92 Å². The van der Waals surface area contributed by atoms with Crippen molar-refractivity contribution in [1.29, 1.82) is 5.26 Å². The summed E-state index contributed by atoms with van der Waals surface area (Å²) < 4.78 is 22.8. The van der Waals surface area contributed by atoms with Gasteiger partial charge in [-0.2, -0.15) is 10.2 Å². The van der Waals surface area contributed by atoms with Crippen LogP contribution in [0.4, 0.5) is 4.39 Å². The van der Waals surface area contributed by atoms with Crippen molar-refractivity contribution in [1.82, 2.24) is 24.1 Å². The van der Waals surface area contributed by atoms with Gasteiger partial charge in [0.25, 0.3) is 5.56 Å². The Morgan fingerprint density at radius 3 is 2.83 bits per heavy atom. The van der Waals surface area contributed by atoms with Gasteiger partial charge in [-0.3, -0.25) is 9.20 Å². The van der Waals surface area contributed by atoms with Crippen molar-refractivity contribution < 1.29 is 8.91 Å². The molecule has 3 atom stereocenters. The molecule has 1 aliphatic carbocycles. The largest absolute Gasteiger partial charge is 0.339 e. The third-order valence-corrected chi connectivity index (χ3v) is 6.02. The lowest BCUT2D eigenvalue weighted by molar-refractivity contribution is 0.376. The summed E-state index contributed by atoms with van der Waals surface area (Å²) in [6.07, 6.45) is 3.10. The molecule has 1 fully saturated rings. The van der Waals surface area contributed by atoms with E-state index < -0.39 is 5.82 Å². The van der Waals surface area contributed by atoms with E-state index in [1.807, 2.05) is 19.9 Å². The predicted molar refractivity (Wildman–Crippen MR) is 106 cm³/mol. The van der Waals surface area contributed by atoms with E-state index in [0.717, 1.165) is 6.42 Å². The lowest BCUT2D eigenvalue weighted by Gasteiger charge is -2.18. The normalized spacial score (nSPS) is 19.3. The van der Waals surface area contributed by atoms with Crippen molar-refractivity contribution in [2.75, 3.05) is 0 Å². The molecule has 30 heavy (non-hydrogen) atoms. The zero-order valence-corrected chi connectivity index (χ0v) is 16.8. The molecule has 1 aliphatic rings. The van der Waals surface area contributed by atoms with Gasteiger partial charge in [0, 0.05) is 12.0 Å². The summed E-state index contributed by atoms with van der Waals surface area (Å²) in [6.45, 7) is 5.90. The van der Waals surface area contributed by atoms with Crippen molar-refractivity contribution in [3.63, 3.8) is 0 Å². The highest BCUT2D eigenvalue weighted by atomic mass is 19.1. The first-order valence-corrected chi connectivity index (χ1v) is 9.94. The molecule has 0 saturated heterocycles. The maximum Gasteiger partial charge on any atom is 0.278 e. The van der Waals surface area contributed by atoms with Crippen LogP contribution in [0.1, 0.15) is 57.0 Å². The molecule has 0 aliphatic heterocycles. The second-order valence-electron chi connectivity index (χ2n) is 7.92. The van der Waals surface area contributed by atoms with E-state index in [1.54, 1.807) is 10.5 Å². The zero-order valence-electron chi connectivity index (χ0n) is 16.8. The monoisotopic (exact) mass is 406 g/mol. The van der Waals surface area contributed by atoms with Crippen LogP contribution in [0.25, 0.3) is 28.1 Å². The van der Waals surface area contributed by atoms with Gasteiger partial charge in [-0.05, 0) is 37.8 Å². The fraction of sp³-hybridized carbons (Fsp3) is 0.381. The second kappa shape index (κ2) is 6.49. The van der Waals surface area contributed by atoms with Crippen LogP contribution in [0.3, 0.4) is 0 Å². The van der Waals surface area contributed by atoms with Crippen molar-refractivity contribution in [3.8, 4) is 17.6 Å². The molecule has 0 N–H and O–H groups in total. The van der Waals surface area contributed by atoms with Gasteiger partial charge in [-0.1, -0.05) is 19.0 Å². The highest BCUT2D eigenvalue weighted by molar-refractivity contribution is 5.87. The first kappa shape index (κ1) is 18.5. The minimum atomic E-state index is -0.664. The van der Waals surface area contributed by atoms with Crippen LogP contribution in [0.5, 0.6) is 0 Å². The molecule has 5 rings (SSSR count). The van der Waals surface area contributed by atoms with Crippen molar-refractivity contribution in [3.05, 3.63) is 46.1 Å². The number of rotatable bonds is 4. The number of hydrogen-bond acceptors (Lipinski definition) is 6. The summed E-state index contributed by atoms with van der Waals surface area (Å²) in [7, 11) is 0. The third kappa shape index (κ3) is 2.49. The highest BCUT2D eigenvalue weighted by Gasteiger charge is 2.39. The van der Waals surface area contributed by atoms with Gasteiger partial charge in [0.1, 0.15) is 35.0 Å². The van der Waals surface area contributed by atoms with Gasteiger partial charge < -0.3 is 9.09 Å². The van der Waals surface area contributed by atoms with E-state index in [4.69, 9.17) is 4.52 Å². The molecular formula is C21H19FN6O2. The Kier molecular flexibility index (Phi) is 4.00. The Morgan fingerprint density at radius 1 is 1.40 bits per heavy atom. The van der Waals surface area contributed by atoms with Crippen molar-refractivity contribution >= 4 is 16.6 Å². The number of halogens is 1. The Bertz CT molecular complexity index is 1410. The summed E-state index contributed by atoms with van der Waals surface area (Å²) in [5.41, 5.74) is 0.818. The second-order valence-corrected chi connectivity index (χ2v) is 7.92. The Hall–Kier alpha value is -3.54. The van der Waals surface area contributed by atoms with Gasteiger partial charge >= 0.3 is 0 Å². The minimum absolute atomic E-state index is 0.161. The maximum atomic E-state index is 14.4. The SMILES string of the molecule is CCC(C)n1c(=O)c2c(-c3noc(C4CC4C)n3)ncn2c2ccc(F)c(C#N)c21. The molecule has 0 amide bonds. The molecule has 9 heteroatoms. The summed E-state index contributed by atoms with van der Waals surface area (Å²) in [6, 6.07) is 4.43. The molecule has 4 aromatic rings. The molecule has 3 aromatic heterocycles. The Morgan fingerprint density at radius 2 is 2.17 bits per heavy atom. The van der Waals surface area contributed by atoms with E-state index >= 15 is 0 Å². The lowest BCUT2D eigenvalue weighted by Crippen LogP contribution is -2.26. The molecule has 3 unspecified atom stereocenters. The van der Waals surface area contributed by atoms with Crippen LogP contribution in [0.2, 0.25) is 0 Å². The van der Waals surface area contributed by atoms with E-state index in [2.05, 4.69) is 22.0 Å². The third-order valence-electron chi connectivity index (χ3n) is 6.02. The fourth-order valence-electron chi connectivity index (χ4n) is 3.97. The standard InChI is InChI=1S/C21H19FN6O2/c1-4-11(3)28-17-13(8-23)14(22)5-6-15(17)27-9-24-16(18(27)21(28)29)19-25-20(30-26-19)12-7-10(12)2/h5-6,9-12H,4,7H2,1-3H3. The Balaban J connectivity index is 1.85. The smallest absolute Gasteiger partial charge is 0.278 e. The highest BCUT2D eigenvalue weighted by Crippen LogP contribution is 2.46. The van der Waals surface area contributed by atoms with Gasteiger partial charge in [0.05, 0.1) is 11.0 Å². The maximum absolute atomic E-state index is 14.4. The number of fused-ring (bicyclic) bond motifs is 3. The lowest BCUT2D eigenvalue weighted by atomic mass is 10.1. The molecule has 3 heterocycles. The van der Waals surface area contributed by atoms with Crippen LogP contribution < -0.4 is 5.56 Å². The molecule has 0 bridgehead atoms. The van der Waals surface area contributed by atoms with Gasteiger partial charge in [-0.15, -0.1) is 0 Å². The number of nitriles is 1. The first-order chi connectivity index (χ1) is 14.5. The van der Waals surface area contributed by atoms with Crippen molar-refractivity contribution in [2.45, 2.75) is 45.6 Å². The summed E-state index contributed by atoms with van der Waals surface area (Å²) in [4.78, 5) is 22.4. The molecular weight excluding hydrogens is 387 g/mol. The topological polar surface area (TPSA) is 102 Å². The Labute approximate surface area is 170 Å². The summed E-state index contributed by atoms with van der Waals surface area (Å²) in [5.74, 6) is 0.890. The average Bonchev–Trinajstić information content (AvgIpc) is 3.12. The van der Waals surface area contributed by atoms with E-state index in [0.29, 0.717) is 29.4 Å². The quantitative estimate of drug-likeness (QED) is 0.511. The number of hydrogen-bond donors (Lipinski definition) is 0. The molecule has 1 aromatic carbocycles. The molecule has 0 spiro atoms. The number of aromatic nitrogens is 5. The van der Waals surface area contributed by atoms with E-state index in [-0.39, 0.29) is 39.9 Å². The van der Waals surface area contributed by atoms with Gasteiger partial charge in [-0.25, -0.2) is 9.37 Å². The minimum Gasteiger partial charge on any atom is -0.339 e. The summed E-state index contributed by atoms with van der Waals surface area (Å²) in [5, 5.41) is 13.6. The number of imidazole rings is 1. The van der Waals surface area contributed by atoms with Crippen LogP contribution in [0, 0.1) is 23.1 Å². The van der Waals surface area contributed by atoms with Crippen LogP contribution >= 0.6 is 0 Å². The average molecular weight is 406 g/mol. The van der Waals surface area contributed by atoms with Crippen LogP contribution in [0.15, 0.2) is 27.8 Å². The molecule has 1 saturated carbocycles.